The molecule has 4 heterocycles. The number of hydrogen-bond donors (Lipinski definition) is 0. The Morgan fingerprint density at radius 2 is 0.655 bits per heavy atom. The summed E-state index contributed by atoms with van der Waals surface area (Å²) in [7, 11) is 7.74. The lowest BCUT2D eigenvalue weighted by molar-refractivity contribution is -0.660. The van der Waals surface area contributed by atoms with Gasteiger partial charge in [0.1, 0.15) is 28.2 Å². The van der Waals surface area contributed by atoms with Crippen molar-refractivity contribution in [1.29, 1.82) is 0 Å². The maximum atomic E-state index is 7.77. The van der Waals surface area contributed by atoms with Gasteiger partial charge in [0.25, 0.3) is 0 Å². The summed E-state index contributed by atoms with van der Waals surface area (Å²) in [6.07, 6.45) is 10.9. The second-order valence-corrected chi connectivity index (χ2v) is 35.2. The second kappa shape index (κ2) is 29.2. The summed E-state index contributed by atoms with van der Waals surface area (Å²) in [5, 5.41) is 10.2. The Morgan fingerprint density at radius 3 is 1.18 bits per heavy atom. The van der Waals surface area contributed by atoms with Gasteiger partial charge >= 0.3 is 0 Å². The predicted octanol–water partition coefficient (Wildman–Crippen LogP) is 25.8. The van der Waals surface area contributed by atoms with E-state index in [1.54, 1.807) is 49.1 Å². The first kappa shape index (κ1) is 63.6. The van der Waals surface area contributed by atoms with Crippen molar-refractivity contribution in [2.24, 2.45) is 28.2 Å². The third-order valence-electron chi connectivity index (χ3n) is 27.4. The standard InChI is InChI=1S/2C30H32N.2C26H24N/c1-19-12-15-27(31(7)18-19)23-17-24-26(16-20(23)2)30(5,6)29(3,4)25-14-13-21-10-8-9-11-22(21)28(24)25;1-19-12-15-27(31(7)18-19)24-17-25-23-14-13-21-10-8-9-11-22(21)28(23)30(5,6)29(3,4)26(25)16-20(24)2;1-17-8-15-24(27(3)16-17)25-18(2)9-13-23-22(25)14-12-20-11-10-19-6-4-5-7-21(19)26(20)23;1-17-8-13-25(27(3)16-17)26-18(2)9-11-22-23(26)12-10-21-14-19-6-4-5-7-20(19)15-24(21)22/h2*8-18H,1-7H3;4-11,13,15-16H,12,14H2,1-3H3;4-9,11,13-16H,10,12H2,1-3H3/q4*+1/i4*1D3. The van der Waals surface area contributed by atoms with Crippen LogP contribution in [-0.4, -0.2) is 0 Å². The number of pyridine rings is 4. The van der Waals surface area contributed by atoms with Crippen LogP contribution >= 0.6 is 0 Å². The molecule has 4 aromatic heterocycles. The Labute approximate surface area is 706 Å². The van der Waals surface area contributed by atoms with Crippen LogP contribution in [0.25, 0.3) is 133 Å². The van der Waals surface area contributed by atoms with Crippen molar-refractivity contribution >= 4 is 43.1 Å². The van der Waals surface area contributed by atoms with Crippen molar-refractivity contribution in [2.75, 3.05) is 0 Å². The van der Waals surface area contributed by atoms with E-state index in [1.807, 2.05) is 70.7 Å². The summed E-state index contributed by atoms with van der Waals surface area (Å²) >= 11 is 0. The molecule has 4 nitrogen and oxygen atoms in total. The molecule has 4 aliphatic rings. The Morgan fingerprint density at radius 1 is 0.259 bits per heavy atom. The molecule has 16 aromatic rings. The summed E-state index contributed by atoms with van der Waals surface area (Å²) in [4.78, 5) is 0. The fourth-order valence-corrected chi connectivity index (χ4v) is 19.9. The van der Waals surface area contributed by atoms with Crippen molar-refractivity contribution in [1.82, 2.24) is 0 Å². The fraction of sp³-hybridized carbons (Fsp3) is 0.250. The molecule has 0 saturated carbocycles. The van der Waals surface area contributed by atoms with Crippen molar-refractivity contribution in [3.05, 3.63) is 356 Å². The second-order valence-electron chi connectivity index (χ2n) is 35.2. The van der Waals surface area contributed by atoms with E-state index in [1.165, 1.54) is 165 Å². The fourth-order valence-electron chi connectivity index (χ4n) is 19.9. The Hall–Kier alpha value is -11.7. The van der Waals surface area contributed by atoms with E-state index in [-0.39, 0.29) is 21.7 Å². The highest BCUT2D eigenvalue weighted by Gasteiger charge is 2.49. The number of aryl methyl sites for hydroxylation is 14. The van der Waals surface area contributed by atoms with E-state index in [0.717, 1.165) is 59.6 Å². The van der Waals surface area contributed by atoms with Gasteiger partial charge in [-0.25, -0.2) is 18.3 Å². The Kier molecular flexibility index (Phi) is 16.0. The van der Waals surface area contributed by atoms with E-state index in [2.05, 4.69) is 277 Å². The zero-order chi connectivity index (χ0) is 91.3. The van der Waals surface area contributed by atoms with E-state index in [9.17, 15) is 0 Å². The molecule has 0 amide bonds. The van der Waals surface area contributed by atoms with Crippen LogP contribution in [0.3, 0.4) is 0 Å². The third kappa shape index (κ3) is 12.9. The van der Waals surface area contributed by atoms with Gasteiger partial charge in [-0.3, -0.25) is 0 Å². The minimum Gasteiger partial charge on any atom is -0.201 e. The zero-order valence-corrected chi connectivity index (χ0v) is 70.0. The summed E-state index contributed by atoms with van der Waals surface area (Å²) in [6.45, 7) is 19.1. The number of nitrogens with zero attached hydrogens (tertiary/aromatic N) is 4. The number of fused-ring (bicyclic) bond motifs is 19. The molecule has 0 spiro atoms. The van der Waals surface area contributed by atoms with Crippen molar-refractivity contribution in [3.63, 3.8) is 0 Å². The maximum absolute atomic E-state index is 7.77. The van der Waals surface area contributed by atoms with Gasteiger partial charge in [0.2, 0.25) is 22.8 Å². The molecule has 576 valence electrons. The summed E-state index contributed by atoms with van der Waals surface area (Å²) in [5.41, 5.74) is 36.3. The van der Waals surface area contributed by atoms with Gasteiger partial charge in [0.05, 0.1) is 11.1 Å². The van der Waals surface area contributed by atoms with Crippen LogP contribution in [0.5, 0.6) is 0 Å². The lowest BCUT2D eigenvalue weighted by Gasteiger charge is -2.49. The normalized spacial score (nSPS) is 16.5. The van der Waals surface area contributed by atoms with Gasteiger partial charge in [0, 0.05) is 79.5 Å². The van der Waals surface area contributed by atoms with Crippen LogP contribution in [-0.2, 0) is 75.5 Å². The zero-order valence-electron chi connectivity index (χ0n) is 82.0. The monoisotopic (exact) mass is 1520 g/mol. The van der Waals surface area contributed by atoms with Gasteiger partial charge in [-0.15, -0.1) is 0 Å². The smallest absolute Gasteiger partial charge is 0.201 e. The molecule has 116 heavy (non-hydrogen) atoms. The third-order valence-corrected chi connectivity index (χ3v) is 27.4. The molecule has 4 heteroatoms. The van der Waals surface area contributed by atoms with E-state index in [4.69, 9.17) is 16.4 Å². The minimum atomic E-state index is -2.12. The largest absolute Gasteiger partial charge is 0.212 e. The van der Waals surface area contributed by atoms with Gasteiger partial charge in [-0.05, 0) is 294 Å². The van der Waals surface area contributed by atoms with E-state index in [0.29, 0.717) is 22.3 Å². The molecule has 0 atom stereocenters. The number of hydrogen-bond acceptors (Lipinski definition) is 0. The molecule has 0 unspecified atom stereocenters. The molecule has 0 saturated heterocycles. The Balaban J connectivity index is 0.000000120. The summed E-state index contributed by atoms with van der Waals surface area (Å²) in [6, 6.07) is 85.7. The molecule has 0 N–H and O–H groups in total. The number of benzene rings is 12. The quantitative estimate of drug-likeness (QED) is 0.156. The van der Waals surface area contributed by atoms with Crippen LogP contribution < -0.4 is 18.3 Å². The average Bonchev–Trinajstić information content (AvgIpc) is 0.702. The topological polar surface area (TPSA) is 15.5 Å². The molecule has 12 aromatic carbocycles. The molecular weight excluding hydrogens is 1400 g/mol. The van der Waals surface area contributed by atoms with E-state index >= 15 is 0 Å². The first-order valence-corrected chi connectivity index (χ1v) is 41.0. The number of aromatic nitrogens is 4. The van der Waals surface area contributed by atoms with Crippen molar-refractivity contribution in [2.45, 2.75) is 158 Å². The van der Waals surface area contributed by atoms with Gasteiger partial charge in [-0.2, -0.15) is 0 Å². The molecule has 20 rings (SSSR count). The average molecular weight is 1530 g/mol. The van der Waals surface area contributed by atoms with Crippen LogP contribution in [0.2, 0.25) is 0 Å². The number of rotatable bonds is 4. The lowest BCUT2D eigenvalue weighted by Crippen LogP contribution is -2.43. The minimum absolute atomic E-state index is 0.0423. The van der Waals surface area contributed by atoms with Crippen LogP contribution in [0.1, 0.15) is 161 Å². The van der Waals surface area contributed by atoms with Crippen molar-refractivity contribution < 1.29 is 34.7 Å². The first-order valence-electron chi connectivity index (χ1n) is 47.0. The highest BCUT2D eigenvalue weighted by molar-refractivity contribution is 6.04. The molecule has 4 aliphatic carbocycles. The summed E-state index contributed by atoms with van der Waals surface area (Å²) in [5.74, 6) is 0. The maximum Gasteiger partial charge on any atom is 0.212 e. The predicted molar refractivity (Wildman–Crippen MR) is 489 cm³/mol. The molecule has 0 fully saturated rings. The molecule has 0 bridgehead atoms. The Bertz CT molecular complexity index is 7230. The van der Waals surface area contributed by atoms with Crippen molar-refractivity contribution in [3.8, 4) is 89.5 Å². The molecule has 0 aliphatic heterocycles. The first-order chi connectivity index (χ1) is 60.3. The lowest BCUT2D eigenvalue weighted by atomic mass is 9.54. The van der Waals surface area contributed by atoms with Crippen LogP contribution in [0, 0.1) is 55.1 Å². The summed E-state index contributed by atoms with van der Waals surface area (Å²) < 4.78 is 101. The SMILES string of the molecule is [2H]C([2H])([2H])c1ccc(-c2c(C)ccc3c2CCc2cc4ccccc4cc2-3)[n+](C)c1.[2H]C([2H])([2H])c1ccc(-c2c(C)ccc3c2CCc2ccc4ccccc4c2-3)[n+](C)c1.[2H]C([2H])([2H])c1ccc(-c2cc3c(cc2C)C(C)(C)C(C)(C)c2c-3ccc3ccccc23)[n+](C)c1.[2H]C([2H])([2H])c1ccc(-c2cc3c(cc2C)C(C)(C)C(C)(C)c2ccc4ccccc4c2-3)[n+](C)c1. The highest BCUT2D eigenvalue weighted by Crippen LogP contribution is 2.59. The molecule has 0 radical (unpaired) electrons. The van der Waals surface area contributed by atoms with Gasteiger partial charge < -0.3 is 0 Å². The van der Waals surface area contributed by atoms with Gasteiger partial charge in [-0.1, -0.05) is 231 Å². The van der Waals surface area contributed by atoms with E-state index < -0.39 is 27.4 Å². The van der Waals surface area contributed by atoms with Gasteiger partial charge in [0.15, 0.2) is 24.8 Å². The van der Waals surface area contributed by atoms with Crippen LogP contribution in [0.4, 0.5) is 0 Å². The van der Waals surface area contributed by atoms with Crippen LogP contribution in [0.15, 0.2) is 267 Å². The molecular formula is C112H112N4+4. The highest BCUT2D eigenvalue weighted by atomic mass is 14.9.